The number of aryl methyl sites for hydroxylation is 2. The molecule has 200 valence electrons. The number of carboxylic acid groups (broad SMARTS) is 1. The molecule has 1 saturated heterocycles. The van der Waals surface area contributed by atoms with Gasteiger partial charge in [-0.05, 0) is 90.9 Å². The topological polar surface area (TPSA) is 94.1 Å². The van der Waals surface area contributed by atoms with Crippen LogP contribution in [0.4, 0.5) is 0 Å². The Morgan fingerprint density at radius 3 is 2.39 bits per heavy atom. The second-order valence-electron chi connectivity index (χ2n) is 9.65. The zero-order chi connectivity index (χ0) is 27.1. The van der Waals surface area contributed by atoms with Crippen LogP contribution < -0.4 is 14.8 Å². The molecule has 4 rings (SSSR count). The minimum Gasteiger partial charge on any atom is -0.491 e. The number of hydrogen-bond acceptors (Lipinski definition) is 5. The van der Waals surface area contributed by atoms with Crippen molar-refractivity contribution in [3.05, 3.63) is 82.9 Å². The highest BCUT2D eigenvalue weighted by Gasteiger charge is 2.21. The summed E-state index contributed by atoms with van der Waals surface area (Å²) in [5.41, 5.74) is 6.37. The van der Waals surface area contributed by atoms with Crippen LogP contribution in [0.5, 0.6) is 11.5 Å². The average Bonchev–Trinajstić information content (AvgIpc) is 3.31. The van der Waals surface area contributed by atoms with Crippen LogP contribution in [0.15, 0.2) is 60.7 Å². The summed E-state index contributed by atoms with van der Waals surface area (Å²) < 4.78 is 17.6. The van der Waals surface area contributed by atoms with E-state index in [0.717, 1.165) is 45.6 Å². The summed E-state index contributed by atoms with van der Waals surface area (Å²) in [6.07, 6.45) is 0.824. The maximum absolute atomic E-state index is 11.4. The molecular weight excluding hydrogens is 482 g/mol. The number of aliphatic carboxylic acids is 1. The van der Waals surface area contributed by atoms with Crippen LogP contribution in [0.1, 0.15) is 54.5 Å². The van der Waals surface area contributed by atoms with Gasteiger partial charge in [0.2, 0.25) is 5.91 Å². The Kier molecular flexibility index (Phi) is 9.02. The minimum atomic E-state index is -0.893. The van der Waals surface area contributed by atoms with Gasteiger partial charge in [-0.3, -0.25) is 9.59 Å². The molecule has 1 aliphatic rings. The Hall–Kier alpha value is -3.84. The van der Waals surface area contributed by atoms with Crippen LogP contribution in [0.3, 0.4) is 0 Å². The normalized spacial score (nSPS) is 15.7. The lowest BCUT2D eigenvalue weighted by molar-refractivity contribution is -0.140. The number of carboxylic acids is 1. The Morgan fingerprint density at radius 1 is 1.03 bits per heavy atom. The van der Waals surface area contributed by atoms with E-state index in [4.69, 9.17) is 19.3 Å². The lowest BCUT2D eigenvalue weighted by Gasteiger charge is -2.17. The molecule has 0 unspecified atom stereocenters. The fraction of sp³-hybridized carbons (Fsp3) is 0.355. The van der Waals surface area contributed by atoms with Crippen LogP contribution in [0.2, 0.25) is 0 Å². The van der Waals surface area contributed by atoms with Crippen molar-refractivity contribution in [1.82, 2.24) is 5.32 Å². The number of benzene rings is 3. The van der Waals surface area contributed by atoms with E-state index in [1.165, 1.54) is 0 Å². The van der Waals surface area contributed by atoms with Crippen LogP contribution in [0.25, 0.3) is 11.1 Å². The van der Waals surface area contributed by atoms with Crippen molar-refractivity contribution in [2.75, 3.05) is 13.2 Å². The van der Waals surface area contributed by atoms with E-state index < -0.39 is 12.1 Å². The summed E-state index contributed by atoms with van der Waals surface area (Å²) in [6.45, 7) is 7.34. The molecular formula is C31H35NO6. The number of amides is 1. The zero-order valence-corrected chi connectivity index (χ0v) is 22.2. The highest BCUT2D eigenvalue weighted by molar-refractivity contribution is 5.78. The molecule has 1 heterocycles. The van der Waals surface area contributed by atoms with Gasteiger partial charge in [0.25, 0.3) is 0 Å². The van der Waals surface area contributed by atoms with Gasteiger partial charge in [-0.2, -0.15) is 0 Å². The van der Waals surface area contributed by atoms with Gasteiger partial charge in [-0.25, -0.2) is 0 Å². The fourth-order valence-electron chi connectivity index (χ4n) is 4.86. The first-order chi connectivity index (χ1) is 18.3. The smallest absolute Gasteiger partial charge is 0.306 e. The van der Waals surface area contributed by atoms with Gasteiger partial charge in [0.05, 0.1) is 18.6 Å². The van der Waals surface area contributed by atoms with Crippen molar-refractivity contribution >= 4 is 11.9 Å². The quantitative estimate of drug-likeness (QED) is 0.317. The van der Waals surface area contributed by atoms with E-state index in [-0.39, 0.29) is 18.4 Å². The van der Waals surface area contributed by atoms with E-state index in [2.05, 4.69) is 31.3 Å². The minimum absolute atomic E-state index is 0.0755. The molecule has 0 saturated carbocycles. The zero-order valence-electron chi connectivity index (χ0n) is 22.2. The van der Waals surface area contributed by atoms with Gasteiger partial charge in [0.1, 0.15) is 24.7 Å². The summed E-state index contributed by atoms with van der Waals surface area (Å²) in [4.78, 5) is 22.6. The second kappa shape index (κ2) is 12.6. The predicted molar refractivity (Wildman–Crippen MR) is 145 cm³/mol. The Bertz CT molecular complexity index is 1250. The lowest BCUT2D eigenvalue weighted by Crippen LogP contribution is -2.30. The van der Waals surface area contributed by atoms with Crippen molar-refractivity contribution in [3.8, 4) is 22.6 Å². The Labute approximate surface area is 223 Å². The molecule has 1 aliphatic heterocycles. The van der Waals surface area contributed by atoms with Crippen molar-refractivity contribution in [1.29, 1.82) is 0 Å². The number of carbonyl (C=O) groups is 2. The van der Waals surface area contributed by atoms with Crippen molar-refractivity contribution in [2.24, 2.45) is 0 Å². The third-order valence-corrected chi connectivity index (χ3v) is 6.64. The number of ether oxygens (including phenoxy) is 3. The highest BCUT2D eigenvalue weighted by Crippen LogP contribution is 2.32. The first-order valence-corrected chi connectivity index (χ1v) is 13.0. The first kappa shape index (κ1) is 27.2. The molecule has 38 heavy (non-hydrogen) atoms. The van der Waals surface area contributed by atoms with Gasteiger partial charge in [0.15, 0.2) is 0 Å². The van der Waals surface area contributed by atoms with E-state index in [0.29, 0.717) is 32.0 Å². The Balaban J connectivity index is 1.40. The molecule has 0 spiro atoms. The maximum atomic E-state index is 11.4. The largest absolute Gasteiger partial charge is 0.491 e. The lowest BCUT2D eigenvalue weighted by atomic mass is 9.94. The molecule has 7 heteroatoms. The number of rotatable bonds is 12. The average molecular weight is 518 g/mol. The van der Waals surface area contributed by atoms with E-state index >= 15 is 0 Å². The number of hydrogen-bond donors (Lipinski definition) is 2. The van der Waals surface area contributed by atoms with E-state index in [9.17, 15) is 9.59 Å². The number of nitrogens with one attached hydrogen (secondary N) is 1. The maximum Gasteiger partial charge on any atom is 0.306 e. The van der Waals surface area contributed by atoms with Gasteiger partial charge in [-0.15, -0.1) is 0 Å². The highest BCUT2D eigenvalue weighted by atomic mass is 16.5. The number of carbonyl (C=O) groups excluding carboxylic acids is 1. The van der Waals surface area contributed by atoms with Crippen molar-refractivity contribution in [2.45, 2.75) is 58.8 Å². The molecule has 0 aromatic heterocycles. The van der Waals surface area contributed by atoms with Gasteiger partial charge >= 0.3 is 5.97 Å². The van der Waals surface area contributed by atoms with Gasteiger partial charge in [-0.1, -0.05) is 30.3 Å². The summed E-state index contributed by atoms with van der Waals surface area (Å²) in [7, 11) is 0. The summed E-state index contributed by atoms with van der Waals surface area (Å²) in [6, 6.07) is 19.9. The van der Waals surface area contributed by atoms with Crippen LogP contribution in [-0.2, 0) is 20.9 Å². The molecule has 0 radical (unpaired) electrons. The van der Waals surface area contributed by atoms with E-state index in [1.807, 2.05) is 55.5 Å². The molecule has 2 atom stereocenters. The molecule has 1 amide bonds. The van der Waals surface area contributed by atoms with Crippen molar-refractivity contribution in [3.63, 3.8) is 0 Å². The van der Waals surface area contributed by atoms with Crippen LogP contribution >= 0.6 is 0 Å². The molecule has 3 aromatic carbocycles. The third-order valence-electron chi connectivity index (χ3n) is 6.64. The standard InChI is InChI=1S/C31H35NO6/c1-4-36-28(17-30(34)35)23-8-11-26(12-9-23)37-18-22-6-5-7-24(16-22)31-20(2)14-27(15-21(31)3)38-19-25-10-13-29(33)32-25/h5-9,11-12,14-16,25,28H,4,10,13,17-19H2,1-3H3,(H,32,33)(H,34,35)/t25-,28+/m1/s1. The fourth-order valence-corrected chi connectivity index (χ4v) is 4.86. The van der Waals surface area contributed by atoms with Gasteiger partial charge < -0.3 is 24.6 Å². The third kappa shape index (κ3) is 7.13. The molecule has 1 fully saturated rings. The van der Waals surface area contributed by atoms with Gasteiger partial charge in [0, 0.05) is 13.0 Å². The SMILES string of the molecule is CCO[C@@H](CC(=O)O)c1ccc(OCc2cccc(-c3c(C)cc(OC[C@H]4CCC(=O)N4)cc3C)c2)cc1. The summed E-state index contributed by atoms with van der Waals surface area (Å²) >= 11 is 0. The van der Waals surface area contributed by atoms with Crippen molar-refractivity contribution < 1.29 is 28.9 Å². The molecule has 7 nitrogen and oxygen atoms in total. The molecule has 2 N–H and O–H groups in total. The van der Waals surface area contributed by atoms with Crippen LogP contribution in [0, 0.1) is 13.8 Å². The molecule has 0 aliphatic carbocycles. The summed E-state index contributed by atoms with van der Waals surface area (Å²) in [5.74, 6) is 0.711. The monoisotopic (exact) mass is 517 g/mol. The summed E-state index contributed by atoms with van der Waals surface area (Å²) in [5, 5.41) is 12.1. The molecule has 0 bridgehead atoms. The van der Waals surface area contributed by atoms with Crippen LogP contribution in [-0.4, -0.2) is 36.2 Å². The Morgan fingerprint density at radius 2 is 1.76 bits per heavy atom. The predicted octanol–water partition coefficient (Wildman–Crippen LogP) is 5.76. The second-order valence-corrected chi connectivity index (χ2v) is 9.65. The van der Waals surface area contributed by atoms with E-state index in [1.54, 1.807) is 0 Å². The first-order valence-electron chi connectivity index (χ1n) is 13.0. The molecule has 3 aromatic rings.